The van der Waals surface area contributed by atoms with Gasteiger partial charge in [-0.1, -0.05) is 13.0 Å². The molecule has 2 unspecified atom stereocenters. The molecule has 0 spiro atoms. The zero-order valence-electron chi connectivity index (χ0n) is 12.5. The Morgan fingerprint density at radius 1 is 1.11 bits per heavy atom. The molecule has 4 nitrogen and oxygen atoms in total. The fourth-order valence-electron chi connectivity index (χ4n) is 2.18. The van der Waals surface area contributed by atoms with Gasteiger partial charge in [-0.2, -0.15) is 0 Å². The predicted octanol–water partition coefficient (Wildman–Crippen LogP) is 2.78. The molecular formula is C15H25NO3. The Bertz CT molecular complexity index is 382. The number of rotatable bonds is 8. The Labute approximate surface area is 116 Å². The van der Waals surface area contributed by atoms with E-state index in [2.05, 4.69) is 19.2 Å². The lowest BCUT2D eigenvalue weighted by Gasteiger charge is -2.25. The van der Waals surface area contributed by atoms with E-state index in [0.29, 0.717) is 6.61 Å². The predicted molar refractivity (Wildman–Crippen MR) is 77.1 cm³/mol. The number of benzene rings is 1. The second kappa shape index (κ2) is 8.02. The lowest BCUT2D eigenvalue weighted by atomic mass is 10.0. The molecular weight excluding hydrogens is 242 g/mol. The fraction of sp³-hybridized carbons (Fsp3) is 0.600. The molecule has 108 valence electrons. The molecule has 0 heterocycles. The van der Waals surface area contributed by atoms with E-state index in [1.165, 1.54) is 0 Å². The fourth-order valence-corrected chi connectivity index (χ4v) is 2.18. The molecule has 2 atom stereocenters. The first-order chi connectivity index (χ1) is 9.17. The maximum absolute atomic E-state index is 5.71. The van der Waals surface area contributed by atoms with E-state index in [9.17, 15) is 0 Å². The summed E-state index contributed by atoms with van der Waals surface area (Å²) < 4.78 is 16.3. The molecule has 0 aliphatic carbocycles. The van der Waals surface area contributed by atoms with Crippen molar-refractivity contribution >= 4 is 0 Å². The van der Waals surface area contributed by atoms with Crippen LogP contribution in [0.5, 0.6) is 11.5 Å². The van der Waals surface area contributed by atoms with E-state index in [1.54, 1.807) is 14.2 Å². The average molecular weight is 267 g/mol. The highest BCUT2D eigenvalue weighted by Crippen LogP contribution is 2.31. The van der Waals surface area contributed by atoms with Gasteiger partial charge >= 0.3 is 0 Å². The number of ether oxygens (including phenoxy) is 3. The molecule has 1 N–H and O–H groups in total. The first kappa shape index (κ1) is 15.8. The van der Waals surface area contributed by atoms with Crippen molar-refractivity contribution in [1.82, 2.24) is 5.32 Å². The standard InChI is InChI=1S/C15H25NO3/c1-6-16-15(11(3)19-7-2)12-8-9-13(17-4)14(10-12)18-5/h8-11,15-16H,6-7H2,1-5H3. The van der Waals surface area contributed by atoms with Crippen LogP contribution in [0.4, 0.5) is 0 Å². The third-order valence-corrected chi connectivity index (χ3v) is 3.09. The molecule has 0 aliphatic rings. The molecule has 0 bridgehead atoms. The monoisotopic (exact) mass is 267 g/mol. The molecule has 0 aromatic heterocycles. The number of hydrogen-bond donors (Lipinski definition) is 1. The van der Waals surface area contributed by atoms with Crippen LogP contribution in [0.1, 0.15) is 32.4 Å². The third-order valence-electron chi connectivity index (χ3n) is 3.09. The van der Waals surface area contributed by atoms with Gasteiger partial charge in [-0.3, -0.25) is 0 Å². The first-order valence-electron chi connectivity index (χ1n) is 6.74. The van der Waals surface area contributed by atoms with Crippen LogP contribution in [-0.4, -0.2) is 33.5 Å². The molecule has 1 rings (SSSR count). The van der Waals surface area contributed by atoms with E-state index < -0.39 is 0 Å². The van der Waals surface area contributed by atoms with Crippen molar-refractivity contribution in [2.24, 2.45) is 0 Å². The maximum atomic E-state index is 5.71. The third kappa shape index (κ3) is 4.11. The van der Waals surface area contributed by atoms with Gasteiger partial charge in [-0.25, -0.2) is 0 Å². The van der Waals surface area contributed by atoms with Crippen LogP contribution in [0.25, 0.3) is 0 Å². The molecule has 19 heavy (non-hydrogen) atoms. The summed E-state index contributed by atoms with van der Waals surface area (Å²) in [6, 6.07) is 6.12. The van der Waals surface area contributed by atoms with Crippen LogP contribution in [0.15, 0.2) is 18.2 Å². The first-order valence-corrected chi connectivity index (χ1v) is 6.74. The second-order valence-corrected chi connectivity index (χ2v) is 4.31. The SMILES string of the molecule is CCNC(c1ccc(OC)c(OC)c1)C(C)OCC. The second-order valence-electron chi connectivity index (χ2n) is 4.31. The van der Waals surface area contributed by atoms with E-state index in [1.807, 2.05) is 25.1 Å². The highest BCUT2D eigenvalue weighted by molar-refractivity contribution is 5.44. The summed E-state index contributed by atoms with van der Waals surface area (Å²) in [5.74, 6) is 1.48. The van der Waals surface area contributed by atoms with Gasteiger partial charge in [0.25, 0.3) is 0 Å². The minimum Gasteiger partial charge on any atom is -0.493 e. The summed E-state index contributed by atoms with van der Waals surface area (Å²) in [6.45, 7) is 7.76. The quantitative estimate of drug-likeness (QED) is 0.786. The molecule has 0 radical (unpaired) electrons. The lowest BCUT2D eigenvalue weighted by molar-refractivity contribution is 0.0476. The van der Waals surface area contributed by atoms with Crippen LogP contribution >= 0.6 is 0 Å². The number of likely N-dealkylation sites (N-methyl/N-ethyl adjacent to an activating group) is 1. The van der Waals surface area contributed by atoms with Crippen molar-refractivity contribution in [1.29, 1.82) is 0 Å². The van der Waals surface area contributed by atoms with Gasteiger partial charge in [0.05, 0.1) is 26.4 Å². The summed E-state index contributed by atoms with van der Waals surface area (Å²) in [4.78, 5) is 0. The molecule has 1 aromatic rings. The van der Waals surface area contributed by atoms with Gasteiger partial charge in [0.15, 0.2) is 11.5 Å². The normalized spacial score (nSPS) is 13.9. The molecule has 0 saturated heterocycles. The van der Waals surface area contributed by atoms with E-state index >= 15 is 0 Å². The molecule has 1 aromatic carbocycles. The van der Waals surface area contributed by atoms with Gasteiger partial charge in [0, 0.05) is 6.61 Å². The average Bonchev–Trinajstić information content (AvgIpc) is 2.44. The van der Waals surface area contributed by atoms with Gasteiger partial charge in [0.1, 0.15) is 0 Å². The van der Waals surface area contributed by atoms with Crippen LogP contribution in [0.3, 0.4) is 0 Å². The zero-order chi connectivity index (χ0) is 14.3. The summed E-state index contributed by atoms with van der Waals surface area (Å²) in [5.41, 5.74) is 1.14. The van der Waals surface area contributed by atoms with Crippen molar-refractivity contribution in [3.63, 3.8) is 0 Å². The number of nitrogens with one attached hydrogen (secondary N) is 1. The molecule has 0 aliphatic heterocycles. The summed E-state index contributed by atoms with van der Waals surface area (Å²) in [7, 11) is 3.29. The Hall–Kier alpha value is -1.26. The van der Waals surface area contributed by atoms with Crippen LogP contribution in [0, 0.1) is 0 Å². The minimum atomic E-state index is 0.100. The Morgan fingerprint density at radius 3 is 2.32 bits per heavy atom. The lowest BCUT2D eigenvalue weighted by Crippen LogP contribution is -2.32. The van der Waals surface area contributed by atoms with Gasteiger partial charge in [0.2, 0.25) is 0 Å². The number of methoxy groups -OCH3 is 2. The van der Waals surface area contributed by atoms with Crippen molar-refractivity contribution in [3.05, 3.63) is 23.8 Å². The highest BCUT2D eigenvalue weighted by Gasteiger charge is 2.20. The molecule has 4 heteroatoms. The molecule has 0 fully saturated rings. The van der Waals surface area contributed by atoms with Crippen molar-refractivity contribution in [3.8, 4) is 11.5 Å². The van der Waals surface area contributed by atoms with Gasteiger partial charge < -0.3 is 19.5 Å². The summed E-state index contributed by atoms with van der Waals surface area (Å²) in [5, 5.41) is 3.45. The number of hydrogen-bond acceptors (Lipinski definition) is 4. The van der Waals surface area contributed by atoms with Crippen molar-refractivity contribution in [2.45, 2.75) is 32.9 Å². The maximum Gasteiger partial charge on any atom is 0.161 e. The van der Waals surface area contributed by atoms with Gasteiger partial charge in [-0.05, 0) is 38.1 Å². The Balaban J connectivity index is 3.01. The van der Waals surface area contributed by atoms with Gasteiger partial charge in [-0.15, -0.1) is 0 Å². The summed E-state index contributed by atoms with van der Waals surface area (Å²) >= 11 is 0. The summed E-state index contributed by atoms with van der Waals surface area (Å²) in [6.07, 6.45) is 0.100. The van der Waals surface area contributed by atoms with Crippen LogP contribution in [-0.2, 0) is 4.74 Å². The smallest absolute Gasteiger partial charge is 0.161 e. The van der Waals surface area contributed by atoms with E-state index in [4.69, 9.17) is 14.2 Å². The minimum absolute atomic E-state index is 0.100. The zero-order valence-corrected chi connectivity index (χ0v) is 12.5. The Kier molecular flexibility index (Phi) is 6.67. The largest absolute Gasteiger partial charge is 0.493 e. The molecule has 0 saturated carbocycles. The van der Waals surface area contributed by atoms with Crippen LogP contribution < -0.4 is 14.8 Å². The highest BCUT2D eigenvalue weighted by atomic mass is 16.5. The van der Waals surface area contributed by atoms with E-state index in [-0.39, 0.29) is 12.1 Å². The topological polar surface area (TPSA) is 39.7 Å². The van der Waals surface area contributed by atoms with Crippen molar-refractivity contribution in [2.75, 3.05) is 27.4 Å². The molecule has 0 amide bonds. The van der Waals surface area contributed by atoms with Crippen LogP contribution in [0.2, 0.25) is 0 Å². The Morgan fingerprint density at radius 2 is 1.79 bits per heavy atom. The van der Waals surface area contributed by atoms with Crippen molar-refractivity contribution < 1.29 is 14.2 Å². The van der Waals surface area contributed by atoms with E-state index in [0.717, 1.165) is 23.6 Å².